The van der Waals surface area contributed by atoms with Gasteiger partial charge in [0.05, 0.1) is 29.1 Å². The first-order chi connectivity index (χ1) is 14.5. The zero-order valence-corrected chi connectivity index (χ0v) is 17.0. The lowest BCUT2D eigenvalue weighted by Crippen LogP contribution is -2.38. The maximum absolute atomic E-state index is 14.1. The van der Waals surface area contributed by atoms with E-state index in [1.54, 1.807) is 79.7 Å². The van der Waals surface area contributed by atoms with Crippen LogP contribution in [0.15, 0.2) is 78.9 Å². The predicted molar refractivity (Wildman–Crippen MR) is 114 cm³/mol. The van der Waals surface area contributed by atoms with Crippen LogP contribution in [0, 0.1) is 0 Å². The van der Waals surface area contributed by atoms with Crippen LogP contribution in [0.4, 0.5) is 11.4 Å². The lowest BCUT2D eigenvalue weighted by atomic mass is 10.1. The summed E-state index contributed by atoms with van der Waals surface area (Å²) < 4.78 is 26.0. The van der Waals surface area contributed by atoms with Crippen LogP contribution >= 0.6 is 7.67 Å². The van der Waals surface area contributed by atoms with Gasteiger partial charge >= 0.3 is 13.6 Å². The van der Waals surface area contributed by atoms with Crippen LogP contribution in [-0.2, 0) is 9.30 Å². The van der Waals surface area contributed by atoms with Crippen molar-refractivity contribution in [1.29, 1.82) is 0 Å². The number of para-hydroxylation sites is 3. The van der Waals surface area contributed by atoms with E-state index in [0.717, 1.165) is 4.67 Å². The van der Waals surface area contributed by atoms with Crippen molar-refractivity contribution in [2.75, 3.05) is 16.4 Å². The third-order valence-corrected chi connectivity index (χ3v) is 6.38. The van der Waals surface area contributed by atoms with Gasteiger partial charge in [-0.3, -0.25) is 9.88 Å². The number of carbonyl (C=O) groups is 2. The van der Waals surface area contributed by atoms with E-state index in [1.165, 1.54) is 6.07 Å². The smallest absolute Gasteiger partial charge is 0.453 e. The molecule has 1 amide bonds. The highest BCUT2D eigenvalue weighted by molar-refractivity contribution is 7.64. The molecule has 0 aromatic heterocycles. The molecule has 0 saturated heterocycles. The maximum atomic E-state index is 14.1. The van der Waals surface area contributed by atoms with Gasteiger partial charge in [0, 0.05) is 0 Å². The van der Waals surface area contributed by atoms with Crippen LogP contribution in [0.25, 0.3) is 0 Å². The topological polar surface area (TPSA) is 84.9 Å². The summed E-state index contributed by atoms with van der Waals surface area (Å²) in [5.74, 6) is -0.842. The maximum Gasteiger partial charge on any atom is 0.453 e. The fourth-order valence-corrected chi connectivity index (χ4v) is 5.12. The number of fused-ring (bicyclic) bond motifs is 1. The Kier molecular flexibility index (Phi) is 5.29. The summed E-state index contributed by atoms with van der Waals surface area (Å²) in [6, 6.07) is 21.6. The Morgan fingerprint density at radius 3 is 2.40 bits per heavy atom. The van der Waals surface area contributed by atoms with E-state index in [1.807, 2.05) is 0 Å². The summed E-state index contributed by atoms with van der Waals surface area (Å²) in [5.41, 5.74) is 0.971. The minimum Gasteiger partial charge on any atom is -0.462 e. The van der Waals surface area contributed by atoms with Gasteiger partial charge in [-0.25, -0.2) is 14.0 Å². The van der Waals surface area contributed by atoms with Crippen molar-refractivity contribution in [2.24, 2.45) is 0 Å². The monoisotopic (exact) mass is 422 g/mol. The fraction of sp³-hybridized carbons (Fsp3) is 0.0909. The molecule has 0 aliphatic carbocycles. The van der Waals surface area contributed by atoms with Crippen molar-refractivity contribution < 1.29 is 23.4 Å². The molecule has 1 aliphatic heterocycles. The van der Waals surface area contributed by atoms with Gasteiger partial charge in [-0.05, 0) is 43.3 Å². The van der Waals surface area contributed by atoms with E-state index >= 15 is 0 Å². The molecule has 30 heavy (non-hydrogen) atoms. The number of hydrogen-bond donors (Lipinski definition) is 1. The Bertz CT molecular complexity index is 1150. The molecule has 7 nitrogen and oxygen atoms in total. The average Bonchev–Trinajstić information content (AvgIpc) is 2.75. The zero-order valence-electron chi connectivity index (χ0n) is 16.1. The summed E-state index contributed by atoms with van der Waals surface area (Å²) in [6.07, 6.45) is 0. The standard InChI is InChI=1S/C22H19N2O5P/c1-2-28-22(26)18-13-7-9-15-20(18)24-21(25)17-12-6-8-14-19(17)23-30(24,27)29-16-10-4-3-5-11-16/h3-15H,2H2,1H3,(H,23,27). The van der Waals surface area contributed by atoms with Crippen LogP contribution < -0.4 is 14.3 Å². The Labute approximate surface area is 173 Å². The molecule has 1 aliphatic rings. The largest absolute Gasteiger partial charge is 0.462 e. The molecule has 1 heterocycles. The van der Waals surface area contributed by atoms with Gasteiger partial charge in [-0.15, -0.1) is 0 Å². The van der Waals surface area contributed by atoms with E-state index in [4.69, 9.17) is 9.26 Å². The minimum atomic E-state index is -4.02. The average molecular weight is 422 g/mol. The number of nitrogens with zero attached hydrogens (tertiary/aromatic N) is 1. The highest BCUT2D eigenvalue weighted by atomic mass is 31.2. The third kappa shape index (κ3) is 3.55. The molecule has 0 spiro atoms. The van der Waals surface area contributed by atoms with Crippen molar-refractivity contribution in [3.8, 4) is 5.75 Å². The summed E-state index contributed by atoms with van der Waals surface area (Å²) in [4.78, 5) is 26.0. The molecule has 0 bridgehead atoms. The first-order valence-corrected chi connectivity index (χ1v) is 10.9. The molecule has 1 unspecified atom stereocenters. The Balaban J connectivity index is 1.88. The van der Waals surface area contributed by atoms with E-state index in [0.29, 0.717) is 17.0 Å². The van der Waals surface area contributed by atoms with Crippen LogP contribution in [0.1, 0.15) is 27.6 Å². The van der Waals surface area contributed by atoms with Gasteiger partial charge < -0.3 is 9.26 Å². The summed E-state index contributed by atoms with van der Waals surface area (Å²) >= 11 is 0. The van der Waals surface area contributed by atoms with Crippen molar-refractivity contribution in [1.82, 2.24) is 0 Å². The molecular formula is C22H19N2O5P. The molecule has 4 rings (SSSR count). The van der Waals surface area contributed by atoms with Crippen LogP contribution in [0.2, 0.25) is 0 Å². The van der Waals surface area contributed by atoms with Gasteiger partial charge in [0.15, 0.2) is 0 Å². The lowest BCUT2D eigenvalue weighted by molar-refractivity contribution is 0.0527. The van der Waals surface area contributed by atoms with Gasteiger partial charge in [0.25, 0.3) is 5.91 Å². The second-order valence-corrected chi connectivity index (χ2v) is 8.28. The van der Waals surface area contributed by atoms with Crippen LogP contribution in [0.3, 0.4) is 0 Å². The molecule has 1 N–H and O–H groups in total. The molecule has 8 heteroatoms. The SMILES string of the molecule is CCOC(=O)c1ccccc1N1C(=O)c2ccccc2NP1(=O)Oc1ccccc1. The number of nitrogens with one attached hydrogen (secondary N) is 1. The van der Waals surface area contributed by atoms with Crippen molar-refractivity contribution in [3.05, 3.63) is 90.0 Å². The molecule has 3 aromatic rings. The van der Waals surface area contributed by atoms with Gasteiger partial charge in [0.1, 0.15) is 5.75 Å². The van der Waals surface area contributed by atoms with Crippen molar-refractivity contribution in [3.63, 3.8) is 0 Å². The number of carbonyl (C=O) groups excluding carboxylic acids is 2. The molecule has 0 fully saturated rings. The second-order valence-electron chi connectivity index (χ2n) is 6.44. The quantitative estimate of drug-likeness (QED) is 0.454. The minimum absolute atomic E-state index is 0.116. The summed E-state index contributed by atoms with van der Waals surface area (Å²) in [5, 5.41) is 2.89. The van der Waals surface area contributed by atoms with Gasteiger partial charge in [0.2, 0.25) is 0 Å². The van der Waals surface area contributed by atoms with Crippen molar-refractivity contribution >= 4 is 30.9 Å². The predicted octanol–water partition coefficient (Wildman–Crippen LogP) is 5.12. The first-order valence-electron chi connectivity index (χ1n) is 9.36. The highest BCUT2D eigenvalue weighted by Crippen LogP contribution is 2.57. The summed E-state index contributed by atoms with van der Waals surface area (Å²) in [6.45, 7) is 1.86. The van der Waals surface area contributed by atoms with Crippen LogP contribution in [0.5, 0.6) is 5.75 Å². The molecule has 0 radical (unpaired) electrons. The number of benzene rings is 3. The fourth-order valence-electron chi connectivity index (χ4n) is 3.18. The summed E-state index contributed by atoms with van der Waals surface area (Å²) in [7, 11) is -4.02. The Morgan fingerprint density at radius 2 is 1.63 bits per heavy atom. The number of rotatable bonds is 5. The Morgan fingerprint density at radius 1 is 0.967 bits per heavy atom. The van der Waals surface area contributed by atoms with E-state index in [-0.39, 0.29) is 17.9 Å². The van der Waals surface area contributed by atoms with E-state index in [9.17, 15) is 14.2 Å². The number of amides is 1. The third-order valence-electron chi connectivity index (χ3n) is 4.47. The molecular weight excluding hydrogens is 403 g/mol. The Hall–Kier alpha value is -3.57. The number of anilines is 2. The number of ether oxygens (including phenoxy) is 1. The second kappa shape index (κ2) is 8.05. The first kappa shape index (κ1) is 19.7. The van der Waals surface area contributed by atoms with E-state index < -0.39 is 19.5 Å². The zero-order chi connectivity index (χ0) is 21.1. The number of hydrogen-bond acceptors (Lipinski definition) is 5. The van der Waals surface area contributed by atoms with Crippen molar-refractivity contribution in [2.45, 2.75) is 6.92 Å². The van der Waals surface area contributed by atoms with Gasteiger partial charge in [-0.2, -0.15) is 0 Å². The van der Waals surface area contributed by atoms with Gasteiger partial charge in [-0.1, -0.05) is 42.5 Å². The number of esters is 1. The normalized spacial score (nSPS) is 17.6. The van der Waals surface area contributed by atoms with E-state index in [2.05, 4.69) is 5.09 Å². The van der Waals surface area contributed by atoms with Crippen LogP contribution in [-0.4, -0.2) is 18.5 Å². The highest BCUT2D eigenvalue weighted by Gasteiger charge is 2.46. The molecule has 0 saturated carbocycles. The molecule has 152 valence electrons. The molecule has 1 atom stereocenters. The molecule has 3 aromatic carbocycles. The lowest BCUT2D eigenvalue weighted by Gasteiger charge is -2.36.